The van der Waals surface area contributed by atoms with Crippen molar-refractivity contribution in [1.29, 1.82) is 0 Å². The Morgan fingerprint density at radius 3 is 2.52 bits per heavy atom. The van der Waals surface area contributed by atoms with Crippen molar-refractivity contribution in [3.05, 3.63) is 35.4 Å². The van der Waals surface area contributed by atoms with Gasteiger partial charge in [-0.2, -0.15) is 0 Å². The number of ether oxygens (including phenoxy) is 1. The predicted molar refractivity (Wildman–Crippen MR) is 115 cm³/mol. The number of carbonyl (C=O) groups excluding carboxylic acids is 3. The first-order valence-electron chi connectivity index (χ1n) is 11.3. The molecule has 1 aromatic rings. The minimum atomic E-state index is -0.876. The number of urea groups is 1. The van der Waals surface area contributed by atoms with Crippen LogP contribution in [0.1, 0.15) is 43.7 Å². The van der Waals surface area contributed by atoms with E-state index in [2.05, 4.69) is 41.4 Å². The molecule has 4 amide bonds. The summed E-state index contributed by atoms with van der Waals surface area (Å²) in [6.07, 6.45) is 2.08. The van der Waals surface area contributed by atoms with E-state index in [9.17, 15) is 14.4 Å². The van der Waals surface area contributed by atoms with Crippen LogP contribution >= 0.6 is 0 Å². The summed E-state index contributed by atoms with van der Waals surface area (Å²) >= 11 is 0. The van der Waals surface area contributed by atoms with Gasteiger partial charge in [0.15, 0.2) is 0 Å². The molecule has 1 spiro atoms. The van der Waals surface area contributed by atoms with E-state index in [0.717, 1.165) is 32.5 Å². The van der Waals surface area contributed by atoms with Crippen LogP contribution in [0.25, 0.3) is 0 Å². The summed E-state index contributed by atoms with van der Waals surface area (Å²) in [5.41, 5.74) is 1.67. The third-order valence-corrected chi connectivity index (χ3v) is 6.75. The number of amides is 4. The molecular formula is C23H32N4O4. The second-order valence-corrected chi connectivity index (χ2v) is 8.87. The number of benzene rings is 1. The highest BCUT2D eigenvalue weighted by Gasteiger charge is 2.54. The van der Waals surface area contributed by atoms with Crippen molar-refractivity contribution >= 4 is 18.0 Å². The lowest BCUT2D eigenvalue weighted by atomic mass is 9.87. The number of nitrogens with one attached hydrogen (secondary N) is 1. The smallest absolute Gasteiger partial charge is 0.409 e. The van der Waals surface area contributed by atoms with Crippen molar-refractivity contribution in [2.75, 3.05) is 32.8 Å². The van der Waals surface area contributed by atoms with E-state index in [1.54, 1.807) is 11.8 Å². The third-order valence-electron chi connectivity index (χ3n) is 6.75. The van der Waals surface area contributed by atoms with Crippen LogP contribution in [0.3, 0.4) is 0 Å². The summed E-state index contributed by atoms with van der Waals surface area (Å²) < 4.78 is 5.06. The van der Waals surface area contributed by atoms with Crippen molar-refractivity contribution < 1.29 is 19.1 Å². The number of hydrogen-bond acceptors (Lipinski definition) is 5. The first-order valence-corrected chi connectivity index (χ1v) is 11.3. The molecule has 1 aromatic carbocycles. The van der Waals surface area contributed by atoms with Crippen molar-refractivity contribution in [2.45, 2.75) is 57.7 Å². The Morgan fingerprint density at radius 1 is 1.16 bits per heavy atom. The fourth-order valence-electron chi connectivity index (χ4n) is 5.00. The Hall–Kier alpha value is -2.61. The Morgan fingerprint density at radius 2 is 1.87 bits per heavy atom. The number of imide groups is 1. The number of rotatable bonds is 4. The van der Waals surface area contributed by atoms with E-state index in [1.807, 2.05) is 0 Å². The standard InChI is InChI=1S/C23H32N4O4/c1-3-31-22(30)26-13-9-23(10-14-26)20(28)27(21(29)24-23)19-7-11-25(12-8-19)16-18-6-4-5-17(2)15-18/h4-6,15,19H,3,7-14,16H2,1-2H3,(H,24,29). The van der Waals surface area contributed by atoms with Crippen molar-refractivity contribution in [3.63, 3.8) is 0 Å². The van der Waals surface area contributed by atoms with Gasteiger partial charge < -0.3 is 15.0 Å². The lowest BCUT2D eigenvalue weighted by Crippen LogP contribution is -2.56. The van der Waals surface area contributed by atoms with Gasteiger partial charge in [-0.15, -0.1) is 0 Å². The predicted octanol–water partition coefficient (Wildman–Crippen LogP) is 2.50. The van der Waals surface area contributed by atoms with Crippen LogP contribution < -0.4 is 5.32 Å². The second kappa shape index (κ2) is 8.86. The molecule has 0 atom stereocenters. The Bertz CT molecular complexity index is 842. The van der Waals surface area contributed by atoms with Gasteiger partial charge in [-0.25, -0.2) is 9.59 Å². The molecule has 0 radical (unpaired) electrons. The van der Waals surface area contributed by atoms with Gasteiger partial charge in [-0.3, -0.25) is 14.6 Å². The molecule has 8 heteroatoms. The number of nitrogens with zero attached hydrogens (tertiary/aromatic N) is 3. The van der Waals surface area contributed by atoms with Gasteiger partial charge >= 0.3 is 12.1 Å². The summed E-state index contributed by atoms with van der Waals surface area (Å²) in [6.45, 7) is 7.63. The minimum Gasteiger partial charge on any atom is -0.450 e. The molecule has 0 bridgehead atoms. The molecule has 1 N–H and O–H groups in total. The van der Waals surface area contributed by atoms with E-state index >= 15 is 0 Å². The molecule has 0 saturated carbocycles. The summed E-state index contributed by atoms with van der Waals surface area (Å²) in [5, 5.41) is 2.96. The highest BCUT2D eigenvalue weighted by Crippen LogP contribution is 2.33. The third kappa shape index (κ3) is 4.39. The fraction of sp³-hybridized carbons (Fsp3) is 0.609. The van der Waals surface area contributed by atoms with Crippen molar-refractivity contribution in [2.24, 2.45) is 0 Å². The lowest BCUT2D eigenvalue weighted by Gasteiger charge is -2.38. The maximum Gasteiger partial charge on any atom is 0.409 e. The maximum absolute atomic E-state index is 13.3. The molecule has 3 aliphatic heterocycles. The Labute approximate surface area is 183 Å². The number of piperidine rings is 2. The number of aryl methyl sites for hydroxylation is 1. The van der Waals surface area contributed by atoms with Gasteiger partial charge in [0, 0.05) is 38.8 Å². The molecule has 4 rings (SSSR count). The van der Waals surface area contributed by atoms with Gasteiger partial charge in [-0.1, -0.05) is 29.8 Å². The Balaban J connectivity index is 1.33. The molecule has 31 heavy (non-hydrogen) atoms. The minimum absolute atomic E-state index is 0.0660. The number of hydrogen-bond donors (Lipinski definition) is 1. The summed E-state index contributed by atoms with van der Waals surface area (Å²) in [4.78, 5) is 43.5. The van der Waals surface area contributed by atoms with E-state index in [-0.39, 0.29) is 24.1 Å². The quantitative estimate of drug-likeness (QED) is 0.745. The molecule has 8 nitrogen and oxygen atoms in total. The number of carbonyl (C=O) groups is 3. The van der Waals surface area contributed by atoms with E-state index in [0.29, 0.717) is 32.5 Å². The molecular weight excluding hydrogens is 396 g/mol. The largest absolute Gasteiger partial charge is 0.450 e. The first-order chi connectivity index (χ1) is 14.9. The molecule has 3 saturated heterocycles. The zero-order valence-electron chi connectivity index (χ0n) is 18.4. The van der Waals surface area contributed by atoms with Gasteiger partial charge in [-0.05, 0) is 45.1 Å². The fourth-order valence-corrected chi connectivity index (χ4v) is 5.00. The van der Waals surface area contributed by atoms with Crippen LogP contribution in [0.5, 0.6) is 0 Å². The molecule has 3 aliphatic rings. The van der Waals surface area contributed by atoms with Crippen molar-refractivity contribution in [3.8, 4) is 0 Å². The van der Waals surface area contributed by atoms with Crippen LogP contribution in [-0.4, -0.2) is 77.1 Å². The first kappa shape index (κ1) is 21.6. The van der Waals surface area contributed by atoms with Crippen molar-refractivity contribution in [1.82, 2.24) is 20.0 Å². The zero-order valence-corrected chi connectivity index (χ0v) is 18.4. The molecule has 168 valence electrons. The lowest BCUT2D eigenvalue weighted by molar-refractivity contribution is -0.135. The van der Waals surface area contributed by atoms with E-state index < -0.39 is 5.54 Å². The summed E-state index contributed by atoms with van der Waals surface area (Å²) in [6, 6.07) is 8.17. The molecule has 0 unspecified atom stereocenters. The Kier molecular flexibility index (Phi) is 6.18. The zero-order chi connectivity index (χ0) is 22.0. The van der Waals surface area contributed by atoms with Crippen LogP contribution in [0.4, 0.5) is 9.59 Å². The highest BCUT2D eigenvalue weighted by molar-refractivity contribution is 6.07. The van der Waals surface area contributed by atoms with Crippen LogP contribution in [0.15, 0.2) is 24.3 Å². The van der Waals surface area contributed by atoms with Gasteiger partial charge in [0.25, 0.3) is 5.91 Å². The maximum atomic E-state index is 13.3. The van der Waals surface area contributed by atoms with Gasteiger partial charge in [0.05, 0.1) is 6.61 Å². The monoisotopic (exact) mass is 428 g/mol. The van der Waals surface area contributed by atoms with E-state index in [4.69, 9.17) is 4.74 Å². The summed E-state index contributed by atoms with van der Waals surface area (Å²) in [5.74, 6) is -0.127. The normalized spacial score (nSPS) is 22.1. The van der Waals surface area contributed by atoms with Crippen LogP contribution in [0.2, 0.25) is 0 Å². The number of likely N-dealkylation sites (tertiary alicyclic amines) is 2. The molecule has 3 fully saturated rings. The average molecular weight is 429 g/mol. The molecule has 0 aliphatic carbocycles. The van der Waals surface area contributed by atoms with Crippen LogP contribution in [-0.2, 0) is 16.1 Å². The topological polar surface area (TPSA) is 82.2 Å². The second-order valence-electron chi connectivity index (χ2n) is 8.87. The SMILES string of the molecule is CCOC(=O)N1CCC2(CC1)NC(=O)N(C1CCN(Cc3cccc(C)c3)CC1)C2=O. The van der Waals surface area contributed by atoms with E-state index in [1.165, 1.54) is 16.0 Å². The molecule has 0 aromatic heterocycles. The highest BCUT2D eigenvalue weighted by atomic mass is 16.6. The van der Waals surface area contributed by atoms with Gasteiger partial charge in [0.2, 0.25) is 0 Å². The molecule has 3 heterocycles. The van der Waals surface area contributed by atoms with Crippen LogP contribution in [0, 0.1) is 6.92 Å². The van der Waals surface area contributed by atoms with Gasteiger partial charge in [0.1, 0.15) is 5.54 Å². The average Bonchev–Trinajstić information content (AvgIpc) is 2.99. The summed E-state index contributed by atoms with van der Waals surface area (Å²) in [7, 11) is 0.